The fourth-order valence-electron chi connectivity index (χ4n) is 1.23. The van der Waals surface area contributed by atoms with Crippen LogP contribution in [0.15, 0.2) is 6.20 Å². The number of ketones is 1. The number of Topliss-reactive ketones (excluding diaryl/α,β-unsaturated/α-hetero) is 1. The van der Waals surface area contributed by atoms with E-state index in [2.05, 4.69) is 5.10 Å². The highest BCUT2D eigenvalue weighted by Gasteiger charge is 2.10. The van der Waals surface area contributed by atoms with Gasteiger partial charge in [-0.25, -0.2) is 0 Å². The van der Waals surface area contributed by atoms with Gasteiger partial charge in [-0.1, -0.05) is 6.92 Å². The predicted molar refractivity (Wildman–Crippen MR) is 47.3 cm³/mol. The van der Waals surface area contributed by atoms with Crippen molar-refractivity contribution >= 4 is 5.78 Å². The molecule has 3 nitrogen and oxygen atoms in total. The van der Waals surface area contributed by atoms with E-state index in [1.165, 1.54) is 0 Å². The van der Waals surface area contributed by atoms with Gasteiger partial charge in [0, 0.05) is 18.7 Å². The molecule has 1 aromatic heterocycles. The third-order valence-corrected chi connectivity index (χ3v) is 2.02. The van der Waals surface area contributed by atoms with Gasteiger partial charge in [0.05, 0.1) is 11.8 Å². The van der Waals surface area contributed by atoms with Crippen molar-refractivity contribution in [1.29, 1.82) is 0 Å². The zero-order chi connectivity index (χ0) is 9.14. The minimum Gasteiger partial charge on any atom is -0.294 e. The Bertz CT molecular complexity index is 289. The van der Waals surface area contributed by atoms with Crippen molar-refractivity contribution in [3.05, 3.63) is 17.5 Å². The van der Waals surface area contributed by atoms with E-state index in [9.17, 15) is 4.79 Å². The highest BCUT2D eigenvalue weighted by Crippen LogP contribution is 2.09. The second-order valence-electron chi connectivity index (χ2n) is 2.74. The van der Waals surface area contributed by atoms with Crippen LogP contribution >= 0.6 is 0 Å². The minimum absolute atomic E-state index is 0.173. The maximum atomic E-state index is 11.3. The predicted octanol–water partition coefficient (Wildman–Crippen LogP) is 1.80. The number of nitrogens with zero attached hydrogens (tertiary/aromatic N) is 2. The Morgan fingerprint density at radius 3 is 2.67 bits per heavy atom. The topological polar surface area (TPSA) is 34.9 Å². The van der Waals surface area contributed by atoms with E-state index in [1.807, 2.05) is 25.5 Å². The molecule has 0 N–H and O–H groups in total. The Morgan fingerprint density at radius 2 is 2.25 bits per heavy atom. The molecule has 12 heavy (non-hydrogen) atoms. The van der Waals surface area contributed by atoms with Gasteiger partial charge in [-0.15, -0.1) is 0 Å². The van der Waals surface area contributed by atoms with Gasteiger partial charge in [-0.3, -0.25) is 9.48 Å². The number of carbonyl (C=O) groups excluding carboxylic acids is 1. The van der Waals surface area contributed by atoms with E-state index in [-0.39, 0.29) is 5.78 Å². The van der Waals surface area contributed by atoms with E-state index in [1.54, 1.807) is 6.20 Å². The Balaban J connectivity index is 3.02. The number of aryl methyl sites for hydroxylation is 1. The van der Waals surface area contributed by atoms with Crippen molar-refractivity contribution in [1.82, 2.24) is 9.78 Å². The van der Waals surface area contributed by atoms with Crippen LogP contribution in [-0.2, 0) is 6.54 Å². The summed E-state index contributed by atoms with van der Waals surface area (Å²) in [6.45, 7) is 6.63. The maximum Gasteiger partial charge on any atom is 0.166 e. The molecule has 0 saturated carbocycles. The van der Waals surface area contributed by atoms with Crippen LogP contribution in [0.25, 0.3) is 0 Å². The molecule has 1 aromatic rings. The number of carbonyl (C=O) groups is 1. The van der Waals surface area contributed by atoms with Gasteiger partial charge in [-0.05, 0) is 13.8 Å². The van der Waals surface area contributed by atoms with Gasteiger partial charge in [0.25, 0.3) is 0 Å². The van der Waals surface area contributed by atoms with Crippen molar-refractivity contribution in [2.75, 3.05) is 0 Å². The molecule has 1 rings (SSSR count). The molecule has 0 aliphatic heterocycles. The smallest absolute Gasteiger partial charge is 0.166 e. The molecule has 0 unspecified atom stereocenters. The third kappa shape index (κ3) is 1.40. The first-order valence-electron chi connectivity index (χ1n) is 4.26. The molecule has 0 aromatic carbocycles. The lowest BCUT2D eigenvalue weighted by Crippen LogP contribution is -2.02. The fourth-order valence-corrected chi connectivity index (χ4v) is 1.23. The lowest BCUT2D eigenvalue weighted by molar-refractivity contribution is 0.0987. The largest absolute Gasteiger partial charge is 0.294 e. The summed E-state index contributed by atoms with van der Waals surface area (Å²) in [6, 6.07) is 0. The fraction of sp³-hybridized carbons (Fsp3) is 0.556. The highest BCUT2D eigenvalue weighted by atomic mass is 16.1. The molecule has 0 fully saturated rings. The molecule has 0 aliphatic rings. The van der Waals surface area contributed by atoms with Crippen LogP contribution in [0, 0.1) is 6.92 Å². The van der Waals surface area contributed by atoms with E-state index >= 15 is 0 Å². The zero-order valence-corrected chi connectivity index (χ0v) is 7.79. The minimum atomic E-state index is 0.173. The molecule has 0 spiro atoms. The van der Waals surface area contributed by atoms with Crippen LogP contribution in [0.2, 0.25) is 0 Å². The number of aromatic nitrogens is 2. The molecule has 0 atom stereocenters. The first kappa shape index (κ1) is 8.97. The molecule has 0 aliphatic carbocycles. The Hall–Kier alpha value is -1.12. The zero-order valence-electron chi connectivity index (χ0n) is 7.79. The summed E-state index contributed by atoms with van der Waals surface area (Å²) >= 11 is 0. The molecule has 0 radical (unpaired) electrons. The molecule has 0 saturated heterocycles. The Kier molecular flexibility index (Phi) is 2.63. The van der Waals surface area contributed by atoms with Crippen LogP contribution in [0.1, 0.15) is 36.3 Å². The monoisotopic (exact) mass is 166 g/mol. The van der Waals surface area contributed by atoms with Crippen LogP contribution in [0.5, 0.6) is 0 Å². The van der Waals surface area contributed by atoms with Crippen molar-refractivity contribution in [3.8, 4) is 0 Å². The summed E-state index contributed by atoms with van der Waals surface area (Å²) < 4.78 is 1.84. The number of hydrogen-bond acceptors (Lipinski definition) is 2. The Labute approximate surface area is 72.4 Å². The average Bonchev–Trinajstić information content (AvgIpc) is 2.45. The van der Waals surface area contributed by atoms with Crippen molar-refractivity contribution in [2.24, 2.45) is 0 Å². The van der Waals surface area contributed by atoms with Crippen molar-refractivity contribution in [3.63, 3.8) is 0 Å². The quantitative estimate of drug-likeness (QED) is 0.642. The van der Waals surface area contributed by atoms with Gasteiger partial charge in [-0.2, -0.15) is 5.10 Å². The van der Waals surface area contributed by atoms with E-state index < -0.39 is 0 Å². The lowest BCUT2D eigenvalue weighted by atomic mass is 10.1. The number of hydrogen-bond donors (Lipinski definition) is 0. The SMILES string of the molecule is CCC(=O)c1cnn(CC)c1C. The summed E-state index contributed by atoms with van der Waals surface area (Å²) in [5.74, 6) is 0.173. The normalized spacial score (nSPS) is 10.2. The van der Waals surface area contributed by atoms with Crippen LogP contribution < -0.4 is 0 Å². The van der Waals surface area contributed by atoms with Gasteiger partial charge < -0.3 is 0 Å². The standard InChI is InChI=1S/C9H14N2O/c1-4-9(12)8-6-10-11(5-2)7(8)3/h6H,4-5H2,1-3H3. The molecule has 0 amide bonds. The first-order chi connectivity index (χ1) is 5.70. The van der Waals surface area contributed by atoms with Gasteiger partial charge in [0.2, 0.25) is 0 Å². The summed E-state index contributed by atoms with van der Waals surface area (Å²) in [6.07, 6.45) is 2.21. The molecule has 0 bridgehead atoms. The second kappa shape index (κ2) is 3.52. The maximum absolute atomic E-state index is 11.3. The lowest BCUT2D eigenvalue weighted by Gasteiger charge is -1.99. The van der Waals surface area contributed by atoms with Crippen LogP contribution in [0.4, 0.5) is 0 Å². The van der Waals surface area contributed by atoms with Gasteiger partial charge >= 0.3 is 0 Å². The van der Waals surface area contributed by atoms with Crippen LogP contribution in [0.3, 0.4) is 0 Å². The third-order valence-electron chi connectivity index (χ3n) is 2.02. The first-order valence-corrected chi connectivity index (χ1v) is 4.26. The van der Waals surface area contributed by atoms with Crippen LogP contribution in [-0.4, -0.2) is 15.6 Å². The number of rotatable bonds is 3. The highest BCUT2D eigenvalue weighted by molar-refractivity contribution is 5.96. The van der Waals surface area contributed by atoms with Crippen molar-refractivity contribution < 1.29 is 4.79 Å². The molecule has 66 valence electrons. The summed E-state index contributed by atoms with van der Waals surface area (Å²) in [5.41, 5.74) is 1.74. The Morgan fingerprint density at radius 1 is 1.58 bits per heavy atom. The van der Waals surface area contributed by atoms with E-state index in [0.29, 0.717) is 6.42 Å². The summed E-state index contributed by atoms with van der Waals surface area (Å²) in [5, 5.41) is 4.10. The van der Waals surface area contributed by atoms with Crippen molar-refractivity contribution in [2.45, 2.75) is 33.7 Å². The van der Waals surface area contributed by atoms with E-state index in [4.69, 9.17) is 0 Å². The average molecular weight is 166 g/mol. The second-order valence-corrected chi connectivity index (χ2v) is 2.74. The summed E-state index contributed by atoms with van der Waals surface area (Å²) in [7, 11) is 0. The molecular weight excluding hydrogens is 152 g/mol. The van der Waals surface area contributed by atoms with Gasteiger partial charge in [0.15, 0.2) is 5.78 Å². The molecular formula is C9H14N2O. The van der Waals surface area contributed by atoms with Gasteiger partial charge in [0.1, 0.15) is 0 Å². The molecule has 1 heterocycles. The van der Waals surface area contributed by atoms with E-state index in [0.717, 1.165) is 17.8 Å². The molecule has 3 heteroatoms. The summed E-state index contributed by atoms with van der Waals surface area (Å²) in [4.78, 5) is 11.3.